The number of anilines is 1. The summed E-state index contributed by atoms with van der Waals surface area (Å²) < 4.78 is 13.2. The van der Waals surface area contributed by atoms with E-state index in [9.17, 15) is 9.18 Å². The maximum atomic E-state index is 13.2. The van der Waals surface area contributed by atoms with Gasteiger partial charge in [-0.15, -0.1) is 0 Å². The molecule has 0 aromatic heterocycles. The third kappa shape index (κ3) is 4.37. The van der Waals surface area contributed by atoms with Crippen LogP contribution in [0, 0.1) is 17.7 Å². The third-order valence-corrected chi connectivity index (χ3v) is 2.56. The van der Waals surface area contributed by atoms with Crippen molar-refractivity contribution in [2.24, 2.45) is 0 Å². The molecule has 0 atom stereocenters. The van der Waals surface area contributed by atoms with Gasteiger partial charge < -0.3 is 5.73 Å². The highest BCUT2D eigenvalue weighted by Gasteiger charge is 1.98. The molecule has 0 saturated heterocycles. The standard InChI is InChI=1S/C12H12FNOS/c1-9(15)16-7-3-2-4-10-5-6-11(14)8-12(10)13/h5-6,8H,3,7,14H2,1H3. The van der Waals surface area contributed by atoms with Crippen LogP contribution in [0.2, 0.25) is 0 Å². The van der Waals surface area contributed by atoms with Crippen LogP contribution in [0.5, 0.6) is 0 Å². The fourth-order valence-electron chi connectivity index (χ4n) is 1.04. The van der Waals surface area contributed by atoms with E-state index in [1.807, 2.05) is 0 Å². The Kier molecular flexibility index (Phi) is 4.87. The Morgan fingerprint density at radius 1 is 1.56 bits per heavy atom. The van der Waals surface area contributed by atoms with Gasteiger partial charge in [-0.1, -0.05) is 23.6 Å². The van der Waals surface area contributed by atoms with Gasteiger partial charge in [-0.3, -0.25) is 4.79 Å². The molecule has 1 aromatic carbocycles. The normalized spacial score (nSPS) is 9.38. The maximum Gasteiger partial charge on any atom is 0.185 e. The van der Waals surface area contributed by atoms with Crippen LogP contribution < -0.4 is 5.73 Å². The van der Waals surface area contributed by atoms with Crippen LogP contribution in [0.15, 0.2) is 18.2 Å². The Bertz CT molecular complexity index is 448. The molecule has 0 unspecified atom stereocenters. The molecule has 1 aromatic rings. The van der Waals surface area contributed by atoms with E-state index < -0.39 is 5.82 Å². The van der Waals surface area contributed by atoms with Gasteiger partial charge in [0.25, 0.3) is 0 Å². The van der Waals surface area contributed by atoms with Crippen LogP contribution in [0.3, 0.4) is 0 Å². The zero-order chi connectivity index (χ0) is 12.0. The largest absolute Gasteiger partial charge is 0.399 e. The minimum absolute atomic E-state index is 0.0699. The van der Waals surface area contributed by atoms with Gasteiger partial charge >= 0.3 is 0 Å². The van der Waals surface area contributed by atoms with E-state index in [-0.39, 0.29) is 5.12 Å². The zero-order valence-corrected chi connectivity index (χ0v) is 9.73. The topological polar surface area (TPSA) is 43.1 Å². The molecular formula is C12H12FNOS. The monoisotopic (exact) mass is 237 g/mol. The average molecular weight is 237 g/mol. The second kappa shape index (κ2) is 6.19. The lowest BCUT2D eigenvalue weighted by Gasteiger charge is -1.95. The minimum atomic E-state index is -0.410. The van der Waals surface area contributed by atoms with Crippen LogP contribution in [-0.4, -0.2) is 10.9 Å². The van der Waals surface area contributed by atoms with Crippen molar-refractivity contribution in [2.45, 2.75) is 13.3 Å². The fourth-order valence-corrected chi connectivity index (χ4v) is 1.53. The molecule has 0 saturated carbocycles. The van der Waals surface area contributed by atoms with Crippen LogP contribution >= 0.6 is 11.8 Å². The Balaban J connectivity index is 2.53. The van der Waals surface area contributed by atoms with E-state index in [0.717, 1.165) is 0 Å². The number of nitrogens with two attached hydrogens (primary N) is 1. The van der Waals surface area contributed by atoms with Crippen molar-refractivity contribution in [1.29, 1.82) is 0 Å². The number of rotatable bonds is 2. The highest BCUT2D eigenvalue weighted by atomic mass is 32.2. The number of thioether (sulfide) groups is 1. The summed E-state index contributed by atoms with van der Waals surface area (Å²) in [6.45, 7) is 1.51. The van der Waals surface area contributed by atoms with Gasteiger partial charge in [0.2, 0.25) is 0 Å². The third-order valence-electron chi connectivity index (χ3n) is 1.75. The van der Waals surface area contributed by atoms with Crippen molar-refractivity contribution < 1.29 is 9.18 Å². The lowest BCUT2D eigenvalue weighted by atomic mass is 10.2. The smallest absolute Gasteiger partial charge is 0.185 e. The predicted octanol–water partition coefficient (Wildman–Crippen LogP) is 2.43. The number of benzene rings is 1. The van der Waals surface area contributed by atoms with E-state index >= 15 is 0 Å². The summed E-state index contributed by atoms with van der Waals surface area (Å²) in [5, 5.41) is 0.0699. The first-order valence-corrected chi connectivity index (χ1v) is 5.75. The summed E-state index contributed by atoms with van der Waals surface area (Å²) in [5.74, 6) is 5.75. The molecule has 0 bridgehead atoms. The summed E-state index contributed by atoms with van der Waals surface area (Å²) in [6.07, 6.45) is 0.564. The van der Waals surface area contributed by atoms with E-state index in [2.05, 4.69) is 11.8 Å². The molecular weight excluding hydrogens is 225 g/mol. The van der Waals surface area contributed by atoms with Crippen molar-refractivity contribution in [3.63, 3.8) is 0 Å². The lowest BCUT2D eigenvalue weighted by molar-refractivity contribution is -0.109. The maximum absolute atomic E-state index is 13.2. The van der Waals surface area contributed by atoms with Gasteiger partial charge in [0.15, 0.2) is 5.12 Å². The quantitative estimate of drug-likeness (QED) is 0.488. The molecule has 0 aliphatic carbocycles. The second-order valence-corrected chi connectivity index (χ2v) is 4.40. The van der Waals surface area contributed by atoms with Crippen LogP contribution in [0.25, 0.3) is 0 Å². The van der Waals surface area contributed by atoms with Crippen molar-refractivity contribution >= 4 is 22.6 Å². The van der Waals surface area contributed by atoms with E-state index in [1.54, 1.807) is 12.1 Å². The fraction of sp³-hybridized carbons (Fsp3) is 0.250. The molecule has 0 amide bonds. The van der Waals surface area contributed by atoms with Gasteiger partial charge in [-0.25, -0.2) is 4.39 Å². The van der Waals surface area contributed by atoms with Gasteiger partial charge in [0.1, 0.15) is 5.82 Å². The van der Waals surface area contributed by atoms with Crippen molar-refractivity contribution in [3.8, 4) is 11.8 Å². The van der Waals surface area contributed by atoms with Gasteiger partial charge in [0.05, 0.1) is 5.56 Å². The summed E-state index contributed by atoms with van der Waals surface area (Å²) in [7, 11) is 0. The highest BCUT2D eigenvalue weighted by molar-refractivity contribution is 8.13. The number of nitrogen functional groups attached to an aromatic ring is 1. The molecule has 2 N–H and O–H groups in total. The Labute approximate surface area is 98.4 Å². The summed E-state index contributed by atoms with van der Waals surface area (Å²) >= 11 is 1.22. The number of hydrogen-bond acceptors (Lipinski definition) is 3. The first kappa shape index (κ1) is 12.6. The van der Waals surface area contributed by atoms with Crippen LogP contribution in [-0.2, 0) is 4.79 Å². The molecule has 0 fully saturated rings. The number of carbonyl (C=O) groups excluding carboxylic acids is 1. The van der Waals surface area contributed by atoms with Gasteiger partial charge in [-0.05, 0) is 18.2 Å². The number of halogens is 1. The van der Waals surface area contributed by atoms with Crippen molar-refractivity contribution in [1.82, 2.24) is 0 Å². The highest BCUT2D eigenvalue weighted by Crippen LogP contribution is 2.10. The first-order chi connectivity index (χ1) is 7.59. The molecule has 16 heavy (non-hydrogen) atoms. The molecule has 4 heteroatoms. The van der Waals surface area contributed by atoms with Gasteiger partial charge in [-0.2, -0.15) is 0 Å². The van der Waals surface area contributed by atoms with Gasteiger partial charge in [0, 0.05) is 24.8 Å². The van der Waals surface area contributed by atoms with Crippen molar-refractivity contribution in [3.05, 3.63) is 29.6 Å². The molecule has 0 radical (unpaired) electrons. The SMILES string of the molecule is CC(=O)SCCC#Cc1ccc(N)cc1F. The van der Waals surface area contributed by atoms with Crippen LogP contribution in [0.1, 0.15) is 18.9 Å². The number of carbonyl (C=O) groups is 1. The summed E-state index contributed by atoms with van der Waals surface area (Å²) in [5.41, 5.74) is 6.13. The summed E-state index contributed by atoms with van der Waals surface area (Å²) in [4.78, 5) is 10.6. The molecule has 0 heterocycles. The average Bonchev–Trinajstić information content (AvgIpc) is 2.20. The van der Waals surface area contributed by atoms with Crippen molar-refractivity contribution in [2.75, 3.05) is 11.5 Å². The Morgan fingerprint density at radius 2 is 2.31 bits per heavy atom. The second-order valence-electron chi connectivity index (χ2n) is 3.13. The van der Waals surface area contributed by atoms with E-state index in [4.69, 9.17) is 5.73 Å². The van der Waals surface area contributed by atoms with E-state index in [1.165, 1.54) is 24.8 Å². The molecule has 2 nitrogen and oxygen atoms in total. The lowest BCUT2D eigenvalue weighted by Crippen LogP contribution is -1.89. The number of hydrogen-bond donors (Lipinski definition) is 1. The molecule has 84 valence electrons. The first-order valence-electron chi connectivity index (χ1n) is 4.77. The predicted molar refractivity (Wildman–Crippen MR) is 65.4 cm³/mol. The zero-order valence-electron chi connectivity index (χ0n) is 8.92. The Hall–Kier alpha value is -1.47. The molecule has 1 rings (SSSR count). The Morgan fingerprint density at radius 3 is 2.94 bits per heavy atom. The molecule has 0 spiro atoms. The van der Waals surface area contributed by atoms with E-state index in [0.29, 0.717) is 23.4 Å². The van der Waals surface area contributed by atoms with Crippen LogP contribution in [0.4, 0.5) is 10.1 Å². The molecule has 0 aliphatic heterocycles. The summed E-state index contributed by atoms with van der Waals surface area (Å²) in [6, 6.07) is 4.40. The minimum Gasteiger partial charge on any atom is -0.399 e. The molecule has 0 aliphatic rings.